The Labute approximate surface area is 122 Å². The highest BCUT2D eigenvalue weighted by Gasteiger charge is 2.46. The van der Waals surface area contributed by atoms with Crippen LogP contribution in [0.15, 0.2) is 0 Å². The van der Waals surface area contributed by atoms with E-state index in [0.29, 0.717) is 6.42 Å². The average molecular weight is 303 g/mol. The van der Waals surface area contributed by atoms with E-state index >= 15 is 0 Å². The van der Waals surface area contributed by atoms with Gasteiger partial charge in [0.05, 0.1) is 0 Å². The summed E-state index contributed by atoms with van der Waals surface area (Å²) in [5.74, 6) is -2.56. The van der Waals surface area contributed by atoms with Crippen molar-refractivity contribution in [3.8, 4) is 0 Å². The summed E-state index contributed by atoms with van der Waals surface area (Å²) < 4.78 is 10.2. The Hall–Kier alpha value is -1.83. The zero-order valence-corrected chi connectivity index (χ0v) is 12.3. The first kappa shape index (κ1) is 17.2. The van der Waals surface area contributed by atoms with Crippen LogP contribution in [0.2, 0.25) is 0 Å². The van der Waals surface area contributed by atoms with Crippen LogP contribution >= 0.6 is 0 Å². The van der Waals surface area contributed by atoms with Gasteiger partial charge in [0.15, 0.2) is 5.60 Å². The Morgan fingerprint density at radius 1 is 1.33 bits per heavy atom. The molecule has 120 valence electrons. The number of nitrogens with one attached hydrogen (secondary N) is 1. The van der Waals surface area contributed by atoms with E-state index < -0.39 is 35.3 Å². The molecule has 1 rings (SSSR count). The molecule has 0 radical (unpaired) electrons. The first-order valence-corrected chi connectivity index (χ1v) is 6.65. The number of alkyl carbamates (subject to hydrolysis) is 1. The summed E-state index contributed by atoms with van der Waals surface area (Å²) in [6.45, 7) is 5.18. The number of hydrogen-bond acceptors (Lipinski definition) is 5. The van der Waals surface area contributed by atoms with Crippen LogP contribution in [-0.2, 0) is 19.1 Å². The van der Waals surface area contributed by atoms with Crippen LogP contribution in [0.4, 0.5) is 4.79 Å². The van der Waals surface area contributed by atoms with Crippen LogP contribution in [0, 0.1) is 0 Å². The van der Waals surface area contributed by atoms with Crippen LogP contribution in [0.3, 0.4) is 0 Å². The van der Waals surface area contributed by atoms with Crippen molar-refractivity contribution < 1.29 is 34.1 Å². The molecule has 1 amide bonds. The van der Waals surface area contributed by atoms with E-state index in [1.807, 2.05) is 0 Å². The lowest BCUT2D eigenvalue weighted by Gasteiger charge is -2.28. The lowest BCUT2D eigenvalue weighted by molar-refractivity contribution is -0.163. The largest absolute Gasteiger partial charge is 0.480 e. The van der Waals surface area contributed by atoms with Gasteiger partial charge in [0, 0.05) is 13.0 Å². The molecule has 0 aromatic heterocycles. The van der Waals surface area contributed by atoms with Crippen molar-refractivity contribution in [3.05, 3.63) is 0 Å². The Bertz CT molecular complexity index is 421. The quantitative estimate of drug-likeness (QED) is 0.692. The molecule has 1 saturated heterocycles. The van der Waals surface area contributed by atoms with Crippen molar-refractivity contribution in [2.45, 2.75) is 57.3 Å². The van der Waals surface area contributed by atoms with E-state index in [4.69, 9.17) is 14.6 Å². The minimum Gasteiger partial charge on any atom is -0.480 e. The molecule has 3 N–H and O–H groups in total. The second-order valence-corrected chi connectivity index (χ2v) is 5.99. The number of carbonyl (C=O) groups excluding carboxylic acids is 1. The molecule has 0 unspecified atom stereocenters. The summed E-state index contributed by atoms with van der Waals surface area (Å²) in [6.07, 6.45) is -0.516. The lowest BCUT2D eigenvalue weighted by Crippen LogP contribution is -2.50. The van der Waals surface area contributed by atoms with Gasteiger partial charge in [-0.15, -0.1) is 0 Å². The van der Waals surface area contributed by atoms with Crippen molar-refractivity contribution in [1.82, 2.24) is 5.32 Å². The van der Waals surface area contributed by atoms with Gasteiger partial charge in [-0.05, 0) is 33.6 Å². The Kier molecular flexibility index (Phi) is 5.16. The fourth-order valence-corrected chi connectivity index (χ4v) is 2.09. The SMILES string of the molecule is CC(C)(C)OC(=O)N[C@@H](C[C@]1(C(=O)O)CCCO1)C(=O)O. The molecular formula is C13H21NO7. The minimum absolute atomic E-state index is 0.210. The summed E-state index contributed by atoms with van der Waals surface area (Å²) in [4.78, 5) is 34.2. The smallest absolute Gasteiger partial charge is 0.408 e. The predicted octanol–water partition coefficient (Wildman–Crippen LogP) is 0.988. The van der Waals surface area contributed by atoms with Crippen LogP contribution in [0.25, 0.3) is 0 Å². The summed E-state index contributed by atoms with van der Waals surface area (Å²) in [5.41, 5.74) is -2.35. The molecule has 21 heavy (non-hydrogen) atoms. The number of carbonyl (C=O) groups is 3. The maximum Gasteiger partial charge on any atom is 0.408 e. The zero-order valence-electron chi connectivity index (χ0n) is 12.3. The molecule has 1 fully saturated rings. The van der Waals surface area contributed by atoms with Crippen LogP contribution < -0.4 is 5.32 Å². The van der Waals surface area contributed by atoms with Gasteiger partial charge in [0.25, 0.3) is 0 Å². The molecule has 2 atom stereocenters. The standard InChI is InChI=1S/C13H21NO7/c1-12(2,3)21-11(19)14-8(9(15)16)7-13(10(17)18)5-4-6-20-13/h8H,4-7H2,1-3H3,(H,14,19)(H,15,16)(H,17,18)/t8-,13-/m0/s1. The average Bonchev–Trinajstić information content (AvgIpc) is 2.75. The predicted molar refractivity (Wildman–Crippen MR) is 71.0 cm³/mol. The van der Waals surface area contributed by atoms with E-state index in [1.54, 1.807) is 20.8 Å². The van der Waals surface area contributed by atoms with Crippen molar-refractivity contribution in [2.24, 2.45) is 0 Å². The maximum absolute atomic E-state index is 11.6. The van der Waals surface area contributed by atoms with Crippen molar-refractivity contribution in [1.29, 1.82) is 0 Å². The number of carboxylic acids is 2. The van der Waals surface area contributed by atoms with Crippen molar-refractivity contribution in [2.75, 3.05) is 6.61 Å². The number of ether oxygens (including phenoxy) is 2. The first-order chi connectivity index (χ1) is 9.56. The number of rotatable bonds is 5. The maximum atomic E-state index is 11.6. The molecule has 0 aromatic carbocycles. The van der Waals surface area contributed by atoms with Gasteiger partial charge in [0.1, 0.15) is 11.6 Å². The van der Waals surface area contributed by atoms with Gasteiger partial charge in [-0.3, -0.25) is 0 Å². The number of carboxylic acid groups (broad SMARTS) is 2. The molecular weight excluding hydrogens is 282 g/mol. The first-order valence-electron chi connectivity index (χ1n) is 6.65. The Morgan fingerprint density at radius 3 is 2.33 bits per heavy atom. The van der Waals surface area contributed by atoms with Crippen molar-refractivity contribution >= 4 is 18.0 Å². The summed E-state index contributed by atoms with van der Waals surface area (Å²) in [6, 6.07) is -1.39. The molecule has 8 heteroatoms. The highest BCUT2D eigenvalue weighted by molar-refractivity contribution is 5.83. The van der Waals surface area contributed by atoms with Crippen LogP contribution in [0.5, 0.6) is 0 Å². The number of amides is 1. The molecule has 0 aromatic rings. The zero-order chi connectivity index (χ0) is 16.3. The van der Waals surface area contributed by atoms with E-state index in [1.165, 1.54) is 0 Å². The fourth-order valence-electron chi connectivity index (χ4n) is 2.09. The van der Waals surface area contributed by atoms with E-state index in [2.05, 4.69) is 5.32 Å². The van der Waals surface area contributed by atoms with Crippen LogP contribution in [0.1, 0.15) is 40.0 Å². The van der Waals surface area contributed by atoms with Crippen LogP contribution in [-0.4, -0.2) is 52.1 Å². The van der Waals surface area contributed by atoms with E-state index in [9.17, 15) is 19.5 Å². The normalized spacial score (nSPS) is 23.4. The summed E-state index contributed by atoms with van der Waals surface area (Å²) in [5, 5.41) is 20.6. The fraction of sp³-hybridized carbons (Fsp3) is 0.769. The monoisotopic (exact) mass is 303 g/mol. The Balaban J connectivity index is 2.76. The van der Waals surface area contributed by atoms with Crippen molar-refractivity contribution in [3.63, 3.8) is 0 Å². The van der Waals surface area contributed by atoms with Gasteiger partial charge >= 0.3 is 18.0 Å². The van der Waals surface area contributed by atoms with Gasteiger partial charge in [-0.1, -0.05) is 0 Å². The molecule has 0 aliphatic carbocycles. The third kappa shape index (κ3) is 4.89. The molecule has 1 heterocycles. The molecule has 0 saturated carbocycles. The second kappa shape index (κ2) is 6.30. The van der Waals surface area contributed by atoms with Gasteiger partial charge in [0.2, 0.25) is 0 Å². The Morgan fingerprint density at radius 2 is 1.95 bits per heavy atom. The number of hydrogen-bond donors (Lipinski definition) is 3. The molecule has 8 nitrogen and oxygen atoms in total. The third-order valence-electron chi connectivity index (χ3n) is 3.02. The summed E-state index contributed by atoms with van der Waals surface area (Å²) >= 11 is 0. The van der Waals surface area contributed by atoms with E-state index in [-0.39, 0.29) is 19.4 Å². The van der Waals surface area contributed by atoms with Gasteiger partial charge in [-0.2, -0.15) is 0 Å². The summed E-state index contributed by atoms with van der Waals surface area (Å²) in [7, 11) is 0. The molecule has 1 aliphatic rings. The molecule has 1 aliphatic heterocycles. The highest BCUT2D eigenvalue weighted by Crippen LogP contribution is 2.31. The van der Waals surface area contributed by atoms with E-state index in [0.717, 1.165) is 0 Å². The third-order valence-corrected chi connectivity index (χ3v) is 3.02. The molecule has 0 bridgehead atoms. The number of aliphatic carboxylic acids is 2. The highest BCUT2D eigenvalue weighted by atomic mass is 16.6. The minimum atomic E-state index is -1.57. The lowest BCUT2D eigenvalue weighted by atomic mass is 9.92. The topological polar surface area (TPSA) is 122 Å². The van der Waals surface area contributed by atoms with Gasteiger partial charge in [-0.25, -0.2) is 14.4 Å². The second-order valence-electron chi connectivity index (χ2n) is 5.99. The van der Waals surface area contributed by atoms with Gasteiger partial charge < -0.3 is 25.0 Å². The molecule has 0 spiro atoms.